The number of aliphatic hydroxyl groups excluding tert-OH is 1. The number of ether oxygens (including phenoxy) is 1. The number of ketones is 1. The summed E-state index contributed by atoms with van der Waals surface area (Å²) in [5, 5.41) is 11.0. The fourth-order valence-electron chi connectivity index (χ4n) is 3.48. The predicted molar refractivity (Wildman–Crippen MR) is 108 cm³/mol. The van der Waals surface area contributed by atoms with Crippen molar-refractivity contribution in [2.75, 3.05) is 12.0 Å². The molecule has 1 aromatic heterocycles. The van der Waals surface area contributed by atoms with Crippen LogP contribution in [0.1, 0.15) is 17.2 Å². The molecule has 0 radical (unpaired) electrons. The van der Waals surface area contributed by atoms with E-state index in [0.29, 0.717) is 5.75 Å². The Hall–Kier alpha value is -4.00. The van der Waals surface area contributed by atoms with Gasteiger partial charge in [-0.2, -0.15) is 0 Å². The second kappa shape index (κ2) is 7.79. The maximum Gasteiger partial charge on any atom is 0.301 e. The number of hydrogen-bond acceptors (Lipinski definition) is 5. The van der Waals surface area contributed by atoms with E-state index in [-0.39, 0.29) is 22.5 Å². The van der Waals surface area contributed by atoms with Crippen LogP contribution in [-0.2, 0) is 9.59 Å². The van der Waals surface area contributed by atoms with E-state index in [2.05, 4.69) is 4.98 Å². The number of aliphatic hydroxyl groups is 1. The highest BCUT2D eigenvalue weighted by Crippen LogP contribution is 2.42. The molecule has 1 unspecified atom stereocenters. The Labute approximate surface area is 171 Å². The molecule has 0 aliphatic carbocycles. The molecule has 30 heavy (non-hydrogen) atoms. The van der Waals surface area contributed by atoms with E-state index < -0.39 is 29.3 Å². The molecule has 1 aliphatic rings. The summed E-state index contributed by atoms with van der Waals surface area (Å²) in [5.74, 6) is -2.21. The van der Waals surface area contributed by atoms with E-state index in [1.807, 2.05) is 0 Å². The molecule has 2 aromatic carbocycles. The zero-order valence-electron chi connectivity index (χ0n) is 15.9. The minimum Gasteiger partial charge on any atom is -0.507 e. The topological polar surface area (TPSA) is 79.7 Å². The molecule has 1 N–H and O–H groups in total. The Morgan fingerprint density at radius 3 is 2.53 bits per heavy atom. The second-order valence-electron chi connectivity index (χ2n) is 6.61. The smallest absolute Gasteiger partial charge is 0.301 e. The minimum atomic E-state index is -1.17. The molecule has 1 amide bonds. The molecule has 7 heteroatoms. The molecule has 150 valence electrons. The number of benzene rings is 2. The van der Waals surface area contributed by atoms with Crippen LogP contribution < -0.4 is 9.64 Å². The third-order valence-electron chi connectivity index (χ3n) is 4.88. The fourth-order valence-corrected chi connectivity index (χ4v) is 3.48. The third kappa shape index (κ3) is 3.20. The zero-order chi connectivity index (χ0) is 21.3. The van der Waals surface area contributed by atoms with Crippen molar-refractivity contribution in [3.05, 3.63) is 95.4 Å². The van der Waals surface area contributed by atoms with Gasteiger partial charge in [-0.3, -0.25) is 14.5 Å². The van der Waals surface area contributed by atoms with Gasteiger partial charge in [-0.15, -0.1) is 0 Å². The lowest BCUT2D eigenvalue weighted by molar-refractivity contribution is -0.132. The summed E-state index contributed by atoms with van der Waals surface area (Å²) in [7, 11) is 1.47. The van der Waals surface area contributed by atoms with Crippen molar-refractivity contribution in [2.24, 2.45) is 0 Å². The van der Waals surface area contributed by atoms with Crippen LogP contribution in [0.5, 0.6) is 5.75 Å². The second-order valence-corrected chi connectivity index (χ2v) is 6.61. The van der Waals surface area contributed by atoms with Gasteiger partial charge in [0, 0.05) is 17.3 Å². The first-order valence-corrected chi connectivity index (χ1v) is 9.14. The molecular weight excluding hydrogens is 387 g/mol. The maximum absolute atomic E-state index is 14.7. The van der Waals surface area contributed by atoms with Crippen molar-refractivity contribution >= 4 is 23.3 Å². The molecule has 1 aliphatic heterocycles. The number of pyridine rings is 1. The van der Waals surface area contributed by atoms with Gasteiger partial charge >= 0.3 is 5.91 Å². The van der Waals surface area contributed by atoms with E-state index in [0.717, 1.165) is 4.90 Å². The lowest BCUT2D eigenvalue weighted by Crippen LogP contribution is -2.30. The van der Waals surface area contributed by atoms with Gasteiger partial charge in [0.05, 0.1) is 18.7 Å². The Morgan fingerprint density at radius 2 is 1.83 bits per heavy atom. The van der Waals surface area contributed by atoms with E-state index >= 15 is 0 Å². The van der Waals surface area contributed by atoms with Crippen LogP contribution in [0.15, 0.2) is 78.5 Å². The van der Waals surface area contributed by atoms with Crippen LogP contribution in [0, 0.1) is 5.82 Å². The molecule has 2 heterocycles. The number of amides is 1. The molecule has 6 nitrogen and oxygen atoms in total. The predicted octanol–water partition coefficient (Wildman–Crippen LogP) is 3.86. The molecule has 0 bridgehead atoms. The number of halogens is 1. The summed E-state index contributed by atoms with van der Waals surface area (Å²) < 4.78 is 19.9. The first-order valence-electron chi connectivity index (χ1n) is 9.14. The van der Waals surface area contributed by atoms with Gasteiger partial charge in [0.15, 0.2) is 0 Å². The number of Topliss-reactive ketones (excluding diaryl/α,β-unsaturated/α-hetero) is 1. The fraction of sp³-hybridized carbons (Fsp3) is 0.0870. The van der Waals surface area contributed by atoms with E-state index in [4.69, 9.17) is 4.74 Å². The molecule has 0 spiro atoms. The quantitative estimate of drug-likeness (QED) is 0.406. The van der Waals surface area contributed by atoms with Crippen LogP contribution in [0.2, 0.25) is 0 Å². The molecule has 0 saturated carbocycles. The molecule has 1 saturated heterocycles. The Bertz CT molecular complexity index is 1160. The zero-order valence-corrected chi connectivity index (χ0v) is 15.9. The molecule has 3 aromatic rings. The number of carbonyl (C=O) groups excluding carboxylic acids is 2. The van der Waals surface area contributed by atoms with Gasteiger partial charge < -0.3 is 9.84 Å². The lowest BCUT2D eigenvalue weighted by Gasteiger charge is -2.24. The highest BCUT2D eigenvalue weighted by atomic mass is 19.1. The summed E-state index contributed by atoms with van der Waals surface area (Å²) >= 11 is 0. The number of anilines is 1. The van der Waals surface area contributed by atoms with Crippen molar-refractivity contribution in [3.63, 3.8) is 0 Å². The van der Waals surface area contributed by atoms with Crippen molar-refractivity contribution < 1.29 is 23.8 Å². The number of rotatable bonds is 4. The Morgan fingerprint density at radius 1 is 1.07 bits per heavy atom. The average Bonchev–Trinajstić information content (AvgIpc) is 3.04. The van der Waals surface area contributed by atoms with Crippen molar-refractivity contribution in [2.45, 2.75) is 6.04 Å². The largest absolute Gasteiger partial charge is 0.507 e. The average molecular weight is 404 g/mol. The minimum absolute atomic E-state index is 0.0757. The summed E-state index contributed by atoms with van der Waals surface area (Å²) in [6.07, 6.45) is 1.47. The first kappa shape index (κ1) is 19.3. The molecular formula is C23H17FN2O4. The first-order chi connectivity index (χ1) is 14.5. The van der Waals surface area contributed by atoms with Crippen LogP contribution in [-0.4, -0.2) is 28.9 Å². The summed E-state index contributed by atoms with van der Waals surface area (Å²) in [6.45, 7) is 0. The highest BCUT2D eigenvalue weighted by molar-refractivity contribution is 6.51. The normalized spacial score (nSPS) is 17.9. The van der Waals surface area contributed by atoms with E-state index in [1.54, 1.807) is 42.5 Å². The van der Waals surface area contributed by atoms with Gasteiger partial charge in [-0.05, 0) is 30.3 Å². The maximum atomic E-state index is 14.7. The van der Waals surface area contributed by atoms with Crippen molar-refractivity contribution in [1.82, 2.24) is 4.98 Å². The van der Waals surface area contributed by atoms with Crippen LogP contribution in [0.4, 0.5) is 10.2 Å². The summed E-state index contributed by atoms with van der Waals surface area (Å²) in [5.41, 5.74) is 0.130. The third-order valence-corrected chi connectivity index (χ3v) is 4.88. The van der Waals surface area contributed by atoms with Crippen molar-refractivity contribution in [1.29, 1.82) is 0 Å². The Kier molecular flexibility index (Phi) is 5.02. The lowest BCUT2D eigenvalue weighted by atomic mass is 9.95. The SMILES string of the molecule is COc1cccc(C(O)=C2C(=O)C(=O)N(c3ccccn3)C2c2ccccc2F)c1. The van der Waals surface area contributed by atoms with Crippen LogP contribution in [0.3, 0.4) is 0 Å². The van der Waals surface area contributed by atoms with Gasteiger partial charge in [0.1, 0.15) is 23.1 Å². The van der Waals surface area contributed by atoms with Crippen LogP contribution in [0.25, 0.3) is 5.76 Å². The number of carbonyl (C=O) groups is 2. The standard InChI is InChI=1S/C23H17FN2O4/c1-30-15-8-6-7-14(13-15)21(27)19-20(16-9-2-3-10-17(16)24)26(23(29)22(19)28)18-11-4-5-12-25-18/h2-13,20,27H,1H3. The molecule has 1 atom stereocenters. The van der Waals surface area contributed by atoms with Gasteiger partial charge in [-0.25, -0.2) is 9.37 Å². The number of nitrogens with zero attached hydrogens (tertiary/aromatic N) is 2. The van der Waals surface area contributed by atoms with Crippen molar-refractivity contribution in [3.8, 4) is 5.75 Å². The Balaban J connectivity index is 1.97. The monoisotopic (exact) mass is 404 g/mol. The number of aromatic nitrogens is 1. The van der Waals surface area contributed by atoms with Gasteiger partial charge in [-0.1, -0.05) is 36.4 Å². The summed E-state index contributed by atoms with van der Waals surface area (Å²) in [4.78, 5) is 31.1. The van der Waals surface area contributed by atoms with Crippen LogP contribution >= 0.6 is 0 Å². The molecule has 1 fully saturated rings. The van der Waals surface area contributed by atoms with E-state index in [9.17, 15) is 19.1 Å². The molecule has 4 rings (SSSR count). The van der Waals surface area contributed by atoms with Gasteiger partial charge in [0.2, 0.25) is 0 Å². The summed E-state index contributed by atoms with van der Waals surface area (Å²) in [6, 6.07) is 15.9. The highest BCUT2D eigenvalue weighted by Gasteiger charge is 2.48. The van der Waals surface area contributed by atoms with E-state index in [1.165, 1.54) is 37.6 Å². The number of methoxy groups -OCH3 is 1. The van der Waals surface area contributed by atoms with Gasteiger partial charge in [0.25, 0.3) is 5.78 Å². The number of hydrogen-bond donors (Lipinski definition) is 1.